The summed E-state index contributed by atoms with van der Waals surface area (Å²) in [4.78, 5) is 18.4. The zero-order chi connectivity index (χ0) is 16.2. The normalized spacial score (nSPS) is 10.5. The van der Waals surface area contributed by atoms with Crippen molar-refractivity contribution in [1.29, 1.82) is 0 Å². The molecule has 0 spiro atoms. The number of rotatable bonds is 4. The summed E-state index contributed by atoms with van der Waals surface area (Å²) in [6.45, 7) is 0.397. The Morgan fingerprint density at radius 2 is 2.00 bits per heavy atom. The number of amides is 1. The van der Waals surface area contributed by atoms with E-state index in [1.165, 1.54) is 18.3 Å². The van der Waals surface area contributed by atoms with Gasteiger partial charge in [-0.3, -0.25) is 14.9 Å². The van der Waals surface area contributed by atoms with Gasteiger partial charge in [-0.1, -0.05) is 6.07 Å². The maximum Gasteiger partial charge on any atom is 0.257 e. The average molecular weight is 310 g/mol. The third-order valence-electron chi connectivity index (χ3n) is 3.47. The second-order valence-electron chi connectivity index (χ2n) is 5.15. The predicted molar refractivity (Wildman–Crippen MR) is 84.0 cm³/mol. The van der Waals surface area contributed by atoms with Crippen LogP contribution < -0.4 is 0 Å². The Bertz CT molecular complexity index is 799. The Balaban J connectivity index is 1.83. The van der Waals surface area contributed by atoms with E-state index >= 15 is 0 Å². The standard InChI is InChI=1S/C17H15FN4O/c1-22(11-14-4-2-3-9-19-14)17(23)15-10-20-21-16(15)12-5-7-13(18)8-6-12/h2-10H,11H2,1H3,(H,20,21). The molecule has 0 fully saturated rings. The van der Waals surface area contributed by atoms with E-state index in [-0.39, 0.29) is 11.7 Å². The van der Waals surface area contributed by atoms with Crippen molar-refractivity contribution in [2.75, 3.05) is 7.05 Å². The largest absolute Gasteiger partial charge is 0.336 e. The van der Waals surface area contributed by atoms with Crippen LogP contribution in [0.5, 0.6) is 0 Å². The molecule has 0 atom stereocenters. The number of nitrogens with one attached hydrogen (secondary N) is 1. The van der Waals surface area contributed by atoms with Crippen molar-refractivity contribution in [3.05, 3.63) is 71.9 Å². The first-order chi connectivity index (χ1) is 11.1. The number of benzene rings is 1. The van der Waals surface area contributed by atoms with Crippen molar-refractivity contribution < 1.29 is 9.18 Å². The van der Waals surface area contributed by atoms with Crippen LogP contribution >= 0.6 is 0 Å². The van der Waals surface area contributed by atoms with Crippen LogP contribution in [0.2, 0.25) is 0 Å². The summed E-state index contributed by atoms with van der Waals surface area (Å²) in [6.07, 6.45) is 3.17. The fraction of sp³-hybridized carbons (Fsp3) is 0.118. The Morgan fingerprint density at radius 3 is 2.70 bits per heavy atom. The predicted octanol–water partition coefficient (Wildman–Crippen LogP) is 2.88. The van der Waals surface area contributed by atoms with Crippen molar-refractivity contribution in [1.82, 2.24) is 20.1 Å². The maximum atomic E-state index is 13.1. The number of carbonyl (C=O) groups excluding carboxylic acids is 1. The lowest BCUT2D eigenvalue weighted by Crippen LogP contribution is -2.26. The van der Waals surface area contributed by atoms with E-state index in [0.717, 1.165) is 5.69 Å². The van der Waals surface area contributed by atoms with Gasteiger partial charge in [-0.05, 0) is 36.4 Å². The number of hydrogen-bond acceptors (Lipinski definition) is 3. The quantitative estimate of drug-likeness (QED) is 0.806. The van der Waals surface area contributed by atoms with Crippen molar-refractivity contribution in [2.24, 2.45) is 0 Å². The molecule has 6 heteroatoms. The van der Waals surface area contributed by atoms with Gasteiger partial charge in [0.05, 0.1) is 29.7 Å². The zero-order valence-electron chi connectivity index (χ0n) is 12.5. The molecule has 0 aliphatic carbocycles. The number of pyridine rings is 1. The lowest BCUT2D eigenvalue weighted by atomic mass is 10.1. The molecule has 0 aliphatic rings. The molecule has 0 bridgehead atoms. The van der Waals surface area contributed by atoms with Gasteiger partial charge in [-0.15, -0.1) is 0 Å². The Morgan fingerprint density at radius 1 is 1.22 bits per heavy atom. The van der Waals surface area contributed by atoms with Gasteiger partial charge in [0.2, 0.25) is 0 Å². The van der Waals surface area contributed by atoms with E-state index in [2.05, 4.69) is 15.2 Å². The van der Waals surface area contributed by atoms with Crippen LogP contribution in [-0.4, -0.2) is 33.0 Å². The smallest absolute Gasteiger partial charge is 0.257 e. The van der Waals surface area contributed by atoms with Gasteiger partial charge in [0, 0.05) is 18.8 Å². The second kappa shape index (κ2) is 6.39. The van der Waals surface area contributed by atoms with Crippen LogP contribution in [0.15, 0.2) is 54.9 Å². The first kappa shape index (κ1) is 14.9. The van der Waals surface area contributed by atoms with Gasteiger partial charge in [0.25, 0.3) is 5.91 Å². The van der Waals surface area contributed by atoms with Gasteiger partial charge >= 0.3 is 0 Å². The van der Waals surface area contributed by atoms with E-state index in [1.807, 2.05) is 18.2 Å². The number of aromatic amines is 1. The molecule has 0 saturated carbocycles. The number of nitrogens with zero attached hydrogens (tertiary/aromatic N) is 3. The monoisotopic (exact) mass is 310 g/mol. The Hall–Kier alpha value is -3.02. The van der Waals surface area contributed by atoms with Crippen LogP contribution in [-0.2, 0) is 6.54 Å². The molecule has 2 aromatic heterocycles. The molecular weight excluding hydrogens is 295 g/mol. The summed E-state index contributed by atoms with van der Waals surface area (Å²) < 4.78 is 13.1. The third-order valence-corrected chi connectivity index (χ3v) is 3.47. The Labute approximate surface area is 132 Å². The van der Waals surface area contributed by atoms with Crippen LogP contribution in [0.1, 0.15) is 16.1 Å². The molecule has 0 aliphatic heterocycles. The SMILES string of the molecule is CN(Cc1ccccn1)C(=O)c1cn[nH]c1-c1ccc(F)cc1. The number of halogens is 1. The molecule has 116 valence electrons. The maximum absolute atomic E-state index is 13.1. The summed E-state index contributed by atoms with van der Waals surface area (Å²) in [5.74, 6) is -0.503. The number of H-pyrrole nitrogens is 1. The lowest BCUT2D eigenvalue weighted by molar-refractivity contribution is 0.0784. The van der Waals surface area contributed by atoms with Crippen molar-refractivity contribution in [3.8, 4) is 11.3 Å². The highest BCUT2D eigenvalue weighted by Gasteiger charge is 2.19. The average Bonchev–Trinajstić information content (AvgIpc) is 3.05. The molecule has 2 heterocycles. The van der Waals surface area contributed by atoms with Gasteiger partial charge in [0.15, 0.2) is 0 Å². The highest BCUT2D eigenvalue weighted by Crippen LogP contribution is 2.22. The molecule has 0 radical (unpaired) electrons. The lowest BCUT2D eigenvalue weighted by Gasteiger charge is -2.16. The zero-order valence-corrected chi connectivity index (χ0v) is 12.5. The molecule has 1 aromatic carbocycles. The topological polar surface area (TPSA) is 61.9 Å². The fourth-order valence-corrected chi connectivity index (χ4v) is 2.30. The van der Waals surface area contributed by atoms with E-state index < -0.39 is 0 Å². The summed E-state index contributed by atoms with van der Waals surface area (Å²) in [6, 6.07) is 11.5. The molecule has 1 amide bonds. The molecule has 5 nitrogen and oxygen atoms in total. The molecule has 0 unspecified atom stereocenters. The molecule has 0 saturated heterocycles. The van der Waals surface area contributed by atoms with Crippen LogP contribution in [0.3, 0.4) is 0 Å². The van der Waals surface area contributed by atoms with E-state index in [4.69, 9.17) is 0 Å². The molecule has 23 heavy (non-hydrogen) atoms. The van der Waals surface area contributed by atoms with Gasteiger partial charge in [0.1, 0.15) is 5.82 Å². The second-order valence-corrected chi connectivity index (χ2v) is 5.15. The van der Waals surface area contributed by atoms with Gasteiger partial charge in [-0.25, -0.2) is 4.39 Å². The summed E-state index contributed by atoms with van der Waals surface area (Å²) in [5, 5.41) is 6.76. The fourth-order valence-electron chi connectivity index (χ4n) is 2.30. The number of hydrogen-bond donors (Lipinski definition) is 1. The third kappa shape index (κ3) is 3.26. The minimum Gasteiger partial charge on any atom is -0.336 e. The van der Waals surface area contributed by atoms with E-state index in [9.17, 15) is 9.18 Å². The van der Waals surface area contributed by atoms with Gasteiger partial charge in [-0.2, -0.15) is 5.10 Å². The first-order valence-electron chi connectivity index (χ1n) is 7.10. The number of aromatic nitrogens is 3. The van der Waals surface area contributed by atoms with Crippen molar-refractivity contribution in [2.45, 2.75) is 6.54 Å². The van der Waals surface area contributed by atoms with E-state index in [0.29, 0.717) is 23.4 Å². The highest BCUT2D eigenvalue weighted by atomic mass is 19.1. The number of carbonyl (C=O) groups is 1. The van der Waals surface area contributed by atoms with Crippen molar-refractivity contribution in [3.63, 3.8) is 0 Å². The summed E-state index contributed by atoms with van der Waals surface area (Å²) >= 11 is 0. The summed E-state index contributed by atoms with van der Waals surface area (Å²) in [5.41, 5.74) is 2.52. The minimum absolute atomic E-state index is 0.177. The minimum atomic E-state index is -0.326. The molecule has 3 rings (SSSR count). The first-order valence-corrected chi connectivity index (χ1v) is 7.10. The van der Waals surface area contributed by atoms with E-state index in [1.54, 1.807) is 30.3 Å². The van der Waals surface area contributed by atoms with Crippen LogP contribution in [0.25, 0.3) is 11.3 Å². The Kier molecular flexibility index (Phi) is 4.14. The highest BCUT2D eigenvalue weighted by molar-refractivity contribution is 5.99. The molecular formula is C17H15FN4O. The molecule has 3 aromatic rings. The van der Waals surface area contributed by atoms with Crippen molar-refractivity contribution >= 4 is 5.91 Å². The van der Waals surface area contributed by atoms with Crippen LogP contribution in [0, 0.1) is 5.82 Å². The summed E-state index contributed by atoms with van der Waals surface area (Å²) in [7, 11) is 1.71. The van der Waals surface area contributed by atoms with Crippen LogP contribution in [0.4, 0.5) is 4.39 Å². The molecule has 1 N–H and O–H groups in total. The van der Waals surface area contributed by atoms with Gasteiger partial charge < -0.3 is 4.90 Å².